The van der Waals surface area contributed by atoms with Crippen LogP contribution in [0, 0.1) is 18.3 Å². The highest BCUT2D eigenvalue weighted by Crippen LogP contribution is 2.34. The number of aromatic nitrogens is 3. The minimum Gasteiger partial charge on any atom is -0.340 e. The van der Waals surface area contributed by atoms with Crippen molar-refractivity contribution in [3.05, 3.63) is 59.2 Å². The standard InChI is InChI=1S/C20H21N5O/c1-14-16(11-17(12-21)24(14)2)13-25-10-6-9-18(25)20-22-19(23-26-20)15-7-4-3-5-8-15/h3-5,7-8,11,18H,6,9-10,13H2,1-2H3. The Balaban J connectivity index is 1.56. The molecule has 2 aromatic heterocycles. The zero-order chi connectivity index (χ0) is 18.1. The van der Waals surface area contributed by atoms with Gasteiger partial charge in [0.05, 0.1) is 6.04 Å². The summed E-state index contributed by atoms with van der Waals surface area (Å²) < 4.78 is 7.54. The predicted octanol–water partition coefficient (Wildman–Crippen LogP) is 3.59. The summed E-state index contributed by atoms with van der Waals surface area (Å²) in [4.78, 5) is 7.01. The van der Waals surface area contributed by atoms with Crippen molar-refractivity contribution in [1.82, 2.24) is 19.6 Å². The molecular weight excluding hydrogens is 326 g/mol. The molecule has 1 unspecified atom stereocenters. The summed E-state index contributed by atoms with van der Waals surface area (Å²) in [6.45, 7) is 3.83. The van der Waals surface area contributed by atoms with Gasteiger partial charge in [-0.05, 0) is 37.9 Å². The van der Waals surface area contributed by atoms with Crippen molar-refractivity contribution in [3.63, 3.8) is 0 Å². The molecule has 0 saturated carbocycles. The maximum atomic E-state index is 9.24. The lowest BCUT2D eigenvalue weighted by Gasteiger charge is -2.21. The van der Waals surface area contributed by atoms with Crippen LogP contribution in [0.5, 0.6) is 0 Å². The van der Waals surface area contributed by atoms with Gasteiger partial charge >= 0.3 is 0 Å². The van der Waals surface area contributed by atoms with Crippen LogP contribution >= 0.6 is 0 Å². The summed E-state index contributed by atoms with van der Waals surface area (Å²) in [7, 11) is 1.93. The average molecular weight is 347 g/mol. The topological polar surface area (TPSA) is 70.9 Å². The molecule has 3 heterocycles. The minimum absolute atomic E-state index is 0.130. The van der Waals surface area contributed by atoms with Crippen LogP contribution in [0.3, 0.4) is 0 Å². The van der Waals surface area contributed by atoms with Crippen molar-refractivity contribution >= 4 is 0 Å². The van der Waals surface area contributed by atoms with Crippen LogP contribution in [0.4, 0.5) is 0 Å². The van der Waals surface area contributed by atoms with Crippen LogP contribution < -0.4 is 0 Å². The summed E-state index contributed by atoms with van der Waals surface area (Å²) in [5.74, 6) is 1.31. The molecule has 1 aromatic carbocycles. The first-order valence-corrected chi connectivity index (χ1v) is 8.85. The van der Waals surface area contributed by atoms with Crippen LogP contribution in [0.25, 0.3) is 11.4 Å². The van der Waals surface area contributed by atoms with Gasteiger partial charge in [0.25, 0.3) is 0 Å². The van der Waals surface area contributed by atoms with Crippen LogP contribution in [0.2, 0.25) is 0 Å². The highest BCUT2D eigenvalue weighted by atomic mass is 16.5. The molecule has 0 spiro atoms. The number of nitriles is 1. The van der Waals surface area contributed by atoms with E-state index in [1.165, 1.54) is 5.56 Å². The van der Waals surface area contributed by atoms with E-state index in [0.717, 1.165) is 37.2 Å². The monoisotopic (exact) mass is 347 g/mol. The maximum Gasteiger partial charge on any atom is 0.244 e. The highest BCUT2D eigenvalue weighted by Gasteiger charge is 2.31. The summed E-state index contributed by atoms with van der Waals surface area (Å²) in [6, 6.07) is 14.2. The zero-order valence-corrected chi connectivity index (χ0v) is 15.0. The van der Waals surface area contributed by atoms with Crippen LogP contribution in [-0.4, -0.2) is 26.2 Å². The second kappa shape index (κ2) is 6.77. The van der Waals surface area contributed by atoms with E-state index in [1.54, 1.807) is 0 Å². The molecule has 0 aliphatic carbocycles. The molecule has 1 fully saturated rings. The van der Waals surface area contributed by atoms with Gasteiger partial charge in [-0.1, -0.05) is 35.5 Å². The molecule has 1 aliphatic rings. The highest BCUT2D eigenvalue weighted by molar-refractivity contribution is 5.53. The number of likely N-dealkylation sites (tertiary alicyclic amines) is 1. The van der Waals surface area contributed by atoms with E-state index in [0.29, 0.717) is 17.4 Å². The fourth-order valence-corrected chi connectivity index (χ4v) is 3.62. The summed E-state index contributed by atoms with van der Waals surface area (Å²) in [5, 5.41) is 13.4. The van der Waals surface area contributed by atoms with E-state index >= 15 is 0 Å². The Morgan fingerprint density at radius 3 is 2.85 bits per heavy atom. The first-order valence-electron chi connectivity index (χ1n) is 8.85. The van der Waals surface area contributed by atoms with E-state index in [4.69, 9.17) is 4.52 Å². The summed E-state index contributed by atoms with van der Waals surface area (Å²) in [5.41, 5.74) is 3.96. The zero-order valence-electron chi connectivity index (χ0n) is 15.0. The second-order valence-electron chi connectivity index (χ2n) is 6.76. The minimum atomic E-state index is 0.130. The average Bonchev–Trinajstić information content (AvgIpc) is 3.38. The van der Waals surface area contributed by atoms with E-state index in [9.17, 15) is 5.26 Å². The molecule has 26 heavy (non-hydrogen) atoms. The van der Waals surface area contributed by atoms with Crippen molar-refractivity contribution in [2.24, 2.45) is 7.05 Å². The van der Waals surface area contributed by atoms with Gasteiger partial charge in [-0.25, -0.2) is 0 Å². The van der Waals surface area contributed by atoms with Crippen LogP contribution in [0.15, 0.2) is 40.9 Å². The van der Waals surface area contributed by atoms with Crippen LogP contribution in [-0.2, 0) is 13.6 Å². The number of benzene rings is 1. The Labute approximate surface area is 152 Å². The molecule has 0 radical (unpaired) electrons. The number of hydrogen-bond acceptors (Lipinski definition) is 5. The number of hydrogen-bond donors (Lipinski definition) is 0. The molecule has 0 amide bonds. The Bertz CT molecular complexity index is 950. The van der Waals surface area contributed by atoms with Crippen molar-refractivity contribution < 1.29 is 4.52 Å². The van der Waals surface area contributed by atoms with Gasteiger partial charge in [0.15, 0.2) is 0 Å². The second-order valence-corrected chi connectivity index (χ2v) is 6.76. The number of nitrogens with zero attached hydrogens (tertiary/aromatic N) is 5. The summed E-state index contributed by atoms with van der Waals surface area (Å²) >= 11 is 0. The molecule has 1 saturated heterocycles. The van der Waals surface area contributed by atoms with E-state index in [2.05, 4.69) is 28.0 Å². The molecule has 1 aliphatic heterocycles. The smallest absolute Gasteiger partial charge is 0.244 e. The quantitative estimate of drug-likeness (QED) is 0.721. The van der Waals surface area contributed by atoms with Crippen molar-refractivity contribution in [2.45, 2.75) is 32.4 Å². The van der Waals surface area contributed by atoms with Gasteiger partial charge in [0.1, 0.15) is 11.8 Å². The lowest BCUT2D eigenvalue weighted by molar-refractivity contribution is 0.201. The maximum absolute atomic E-state index is 9.24. The van der Waals surface area contributed by atoms with Gasteiger partial charge in [-0.15, -0.1) is 0 Å². The van der Waals surface area contributed by atoms with Crippen molar-refractivity contribution in [1.29, 1.82) is 5.26 Å². The third-order valence-corrected chi connectivity index (χ3v) is 5.25. The molecule has 3 aromatic rings. The lowest BCUT2D eigenvalue weighted by atomic mass is 10.2. The molecular formula is C20H21N5O. The molecule has 6 heteroatoms. The van der Waals surface area contributed by atoms with Gasteiger partial charge in [-0.2, -0.15) is 10.2 Å². The van der Waals surface area contributed by atoms with Gasteiger partial charge in [0, 0.05) is 24.8 Å². The van der Waals surface area contributed by atoms with E-state index in [-0.39, 0.29) is 6.04 Å². The third-order valence-electron chi connectivity index (χ3n) is 5.25. The normalized spacial score (nSPS) is 17.5. The van der Waals surface area contributed by atoms with Gasteiger partial charge in [-0.3, -0.25) is 4.90 Å². The predicted molar refractivity (Wildman–Crippen MR) is 97.0 cm³/mol. The number of rotatable bonds is 4. The molecule has 4 rings (SSSR count). The third kappa shape index (κ3) is 2.91. The molecule has 0 bridgehead atoms. The first-order chi connectivity index (χ1) is 12.7. The fourth-order valence-electron chi connectivity index (χ4n) is 3.62. The Morgan fingerprint density at radius 1 is 1.31 bits per heavy atom. The van der Waals surface area contributed by atoms with E-state index < -0.39 is 0 Å². The van der Waals surface area contributed by atoms with Crippen molar-refractivity contribution in [2.75, 3.05) is 6.54 Å². The lowest BCUT2D eigenvalue weighted by Crippen LogP contribution is -2.23. The fraction of sp³-hybridized carbons (Fsp3) is 0.350. The Kier molecular flexibility index (Phi) is 4.31. The van der Waals surface area contributed by atoms with Crippen molar-refractivity contribution in [3.8, 4) is 17.5 Å². The largest absolute Gasteiger partial charge is 0.340 e. The molecule has 1 atom stereocenters. The Morgan fingerprint density at radius 2 is 2.12 bits per heavy atom. The summed E-state index contributed by atoms with van der Waals surface area (Å²) in [6.07, 6.45) is 2.11. The Hall–Kier alpha value is -2.91. The van der Waals surface area contributed by atoms with Gasteiger partial charge in [0.2, 0.25) is 11.7 Å². The van der Waals surface area contributed by atoms with Gasteiger partial charge < -0.3 is 9.09 Å². The van der Waals surface area contributed by atoms with E-state index in [1.807, 2.05) is 48.0 Å². The SMILES string of the molecule is Cc1c(CN2CCCC2c2nc(-c3ccccc3)no2)cc(C#N)n1C. The molecule has 6 nitrogen and oxygen atoms in total. The first kappa shape index (κ1) is 16.6. The molecule has 132 valence electrons. The van der Waals surface area contributed by atoms with Crippen LogP contribution in [0.1, 0.15) is 41.7 Å². The molecule has 0 N–H and O–H groups in total.